The Balaban J connectivity index is 2.41. The molecule has 0 aliphatic heterocycles. The Labute approximate surface area is 153 Å². The van der Waals surface area contributed by atoms with Crippen molar-refractivity contribution in [1.82, 2.24) is 9.97 Å². The number of aromatic nitrogens is 2. The van der Waals surface area contributed by atoms with E-state index in [1.54, 1.807) is 25.1 Å². The normalized spacial score (nSPS) is 10.9. The van der Waals surface area contributed by atoms with E-state index in [2.05, 4.69) is 9.97 Å². The van der Waals surface area contributed by atoms with E-state index in [9.17, 15) is 4.39 Å². The molecule has 0 unspecified atom stereocenters. The predicted octanol–water partition coefficient (Wildman–Crippen LogP) is 3.65. The van der Waals surface area contributed by atoms with Crippen LogP contribution >= 0.6 is 23.8 Å². The summed E-state index contributed by atoms with van der Waals surface area (Å²) in [5.74, 6) is -0.548. The number of hydrogen-bond donors (Lipinski definition) is 1. The number of ether oxygens (including phenoxy) is 2. The highest BCUT2D eigenvalue weighted by molar-refractivity contribution is 7.80. The maximum absolute atomic E-state index is 13.7. The van der Waals surface area contributed by atoms with E-state index in [1.165, 1.54) is 6.08 Å². The van der Waals surface area contributed by atoms with Crippen molar-refractivity contribution < 1.29 is 13.9 Å². The van der Waals surface area contributed by atoms with Crippen molar-refractivity contribution in [3.63, 3.8) is 0 Å². The van der Waals surface area contributed by atoms with E-state index in [1.807, 2.05) is 6.07 Å². The van der Waals surface area contributed by atoms with Crippen molar-refractivity contribution in [2.75, 3.05) is 6.61 Å². The molecule has 25 heavy (non-hydrogen) atoms. The van der Waals surface area contributed by atoms with Gasteiger partial charge in [-0.25, -0.2) is 4.98 Å². The highest BCUT2D eigenvalue weighted by Crippen LogP contribution is 2.33. The van der Waals surface area contributed by atoms with E-state index < -0.39 is 5.82 Å². The summed E-state index contributed by atoms with van der Waals surface area (Å²) in [6.45, 7) is 2.13. The molecule has 0 atom stereocenters. The molecule has 0 fully saturated rings. The largest absolute Gasteiger partial charge is 0.490 e. The van der Waals surface area contributed by atoms with Gasteiger partial charge in [0.05, 0.1) is 18.4 Å². The molecule has 9 heteroatoms. The molecular weight excluding hydrogens is 367 g/mol. The third-order valence-corrected chi connectivity index (χ3v) is 3.26. The second-order valence-electron chi connectivity index (χ2n) is 4.57. The molecule has 1 heterocycles. The summed E-state index contributed by atoms with van der Waals surface area (Å²) in [6.07, 6.45) is 2.42. The molecule has 0 bridgehead atoms. The summed E-state index contributed by atoms with van der Waals surface area (Å²) in [6, 6.07) is 6.69. The summed E-state index contributed by atoms with van der Waals surface area (Å²) >= 11 is 10.5. The van der Waals surface area contributed by atoms with E-state index in [4.69, 9.17) is 44.3 Å². The molecule has 128 valence electrons. The smallest absolute Gasteiger partial charge is 0.260 e. The maximum atomic E-state index is 13.7. The number of hydrogen-bond acceptors (Lipinski definition) is 6. The minimum absolute atomic E-state index is 0.0153. The van der Waals surface area contributed by atoms with Crippen LogP contribution in [0.4, 0.5) is 4.39 Å². The molecule has 2 rings (SSSR count). The van der Waals surface area contributed by atoms with Crippen LogP contribution in [0.3, 0.4) is 0 Å². The van der Waals surface area contributed by atoms with Gasteiger partial charge in [-0.2, -0.15) is 14.6 Å². The zero-order chi connectivity index (χ0) is 18.4. The van der Waals surface area contributed by atoms with Crippen LogP contribution in [0.1, 0.15) is 12.5 Å². The van der Waals surface area contributed by atoms with E-state index in [-0.39, 0.29) is 27.5 Å². The average Bonchev–Trinajstić information content (AvgIpc) is 2.58. The molecule has 2 N–H and O–H groups in total. The number of nitrogens with zero attached hydrogens (tertiary/aromatic N) is 3. The van der Waals surface area contributed by atoms with Gasteiger partial charge in [0.2, 0.25) is 11.1 Å². The topological polar surface area (TPSA) is 94.0 Å². The first-order valence-electron chi connectivity index (χ1n) is 6.99. The van der Waals surface area contributed by atoms with Gasteiger partial charge >= 0.3 is 0 Å². The van der Waals surface area contributed by atoms with Crippen LogP contribution in [0.5, 0.6) is 17.4 Å². The fourth-order valence-corrected chi connectivity index (χ4v) is 2.03. The maximum Gasteiger partial charge on any atom is 0.260 e. The van der Waals surface area contributed by atoms with Gasteiger partial charge in [0.25, 0.3) is 5.88 Å². The quantitative estimate of drug-likeness (QED) is 0.355. The predicted molar refractivity (Wildman–Crippen MR) is 95.1 cm³/mol. The summed E-state index contributed by atoms with van der Waals surface area (Å²) < 4.78 is 24.7. The standard InChI is InChI=1S/C16H12ClFN4O2S/c1-2-23-13-6-9(5-10(7-19)14(20)25)3-4-12(13)24-15-11(18)8-21-16(17)22-15/h3-6,8H,2H2,1H3,(H2,20,25). The van der Waals surface area contributed by atoms with E-state index >= 15 is 0 Å². The lowest BCUT2D eigenvalue weighted by molar-refractivity contribution is 0.316. The second kappa shape index (κ2) is 8.37. The number of thiocarbonyl (C=S) groups is 1. The first-order chi connectivity index (χ1) is 11.9. The number of nitriles is 1. The number of halogens is 2. The van der Waals surface area contributed by atoms with Crippen LogP contribution in [0.25, 0.3) is 6.08 Å². The minimum atomic E-state index is -0.768. The molecule has 2 aromatic rings. The van der Waals surface area contributed by atoms with Gasteiger partial charge in [0.15, 0.2) is 11.5 Å². The Morgan fingerprint density at radius 2 is 2.24 bits per heavy atom. The lowest BCUT2D eigenvalue weighted by Crippen LogP contribution is -2.09. The van der Waals surface area contributed by atoms with E-state index in [0.29, 0.717) is 17.9 Å². The number of nitrogens with two attached hydrogens (primary N) is 1. The van der Waals surface area contributed by atoms with Crippen LogP contribution in [-0.4, -0.2) is 21.6 Å². The minimum Gasteiger partial charge on any atom is -0.490 e. The molecule has 1 aromatic carbocycles. The Morgan fingerprint density at radius 3 is 2.88 bits per heavy atom. The molecule has 0 saturated heterocycles. The van der Waals surface area contributed by atoms with Crippen molar-refractivity contribution >= 4 is 34.9 Å². The molecule has 0 saturated carbocycles. The van der Waals surface area contributed by atoms with Gasteiger partial charge in [-0.15, -0.1) is 0 Å². The van der Waals surface area contributed by atoms with Gasteiger partial charge < -0.3 is 15.2 Å². The third kappa shape index (κ3) is 4.86. The van der Waals surface area contributed by atoms with Crippen LogP contribution in [0.2, 0.25) is 5.28 Å². The van der Waals surface area contributed by atoms with Crippen LogP contribution in [0.15, 0.2) is 30.0 Å². The zero-order valence-corrected chi connectivity index (χ0v) is 14.6. The van der Waals surface area contributed by atoms with Gasteiger partial charge in [-0.3, -0.25) is 0 Å². The van der Waals surface area contributed by atoms with Gasteiger partial charge in [-0.05, 0) is 42.3 Å². The lowest BCUT2D eigenvalue weighted by Gasteiger charge is -2.12. The lowest BCUT2D eigenvalue weighted by atomic mass is 10.1. The van der Waals surface area contributed by atoms with Crippen molar-refractivity contribution in [3.8, 4) is 23.4 Å². The van der Waals surface area contributed by atoms with Crippen LogP contribution in [0, 0.1) is 17.1 Å². The highest BCUT2D eigenvalue weighted by Gasteiger charge is 2.13. The summed E-state index contributed by atoms with van der Waals surface area (Å²) in [5, 5.41) is 8.88. The van der Waals surface area contributed by atoms with Crippen LogP contribution in [-0.2, 0) is 0 Å². The van der Waals surface area contributed by atoms with Gasteiger partial charge in [0.1, 0.15) is 11.1 Å². The molecule has 0 radical (unpaired) electrons. The SMILES string of the molecule is CCOc1cc(C=C(C#N)C(N)=S)ccc1Oc1nc(Cl)ncc1F. The van der Waals surface area contributed by atoms with E-state index in [0.717, 1.165) is 6.20 Å². The number of benzene rings is 1. The van der Waals surface area contributed by atoms with Gasteiger partial charge in [0, 0.05) is 0 Å². The number of rotatable bonds is 6. The third-order valence-electron chi connectivity index (χ3n) is 2.85. The van der Waals surface area contributed by atoms with Crippen molar-refractivity contribution in [3.05, 3.63) is 46.6 Å². The summed E-state index contributed by atoms with van der Waals surface area (Å²) in [7, 11) is 0. The fraction of sp³-hybridized carbons (Fsp3) is 0.125. The first kappa shape index (κ1) is 18.6. The Bertz CT molecular complexity index is 883. The zero-order valence-electron chi connectivity index (χ0n) is 13.0. The second-order valence-corrected chi connectivity index (χ2v) is 5.35. The first-order valence-corrected chi connectivity index (χ1v) is 7.77. The highest BCUT2D eigenvalue weighted by atomic mass is 35.5. The van der Waals surface area contributed by atoms with Crippen LogP contribution < -0.4 is 15.2 Å². The molecule has 0 spiro atoms. The molecule has 6 nitrogen and oxygen atoms in total. The molecular formula is C16H12ClFN4O2S. The fourth-order valence-electron chi connectivity index (χ4n) is 1.80. The Hall–Kier alpha value is -2.76. The van der Waals surface area contributed by atoms with Crippen molar-refractivity contribution in [1.29, 1.82) is 5.26 Å². The molecule has 0 amide bonds. The molecule has 0 aliphatic carbocycles. The Morgan fingerprint density at radius 1 is 1.48 bits per heavy atom. The average molecular weight is 379 g/mol. The molecule has 1 aromatic heterocycles. The monoisotopic (exact) mass is 378 g/mol. The summed E-state index contributed by atoms with van der Waals surface area (Å²) in [5.41, 5.74) is 6.24. The Kier molecular flexibility index (Phi) is 6.22. The van der Waals surface area contributed by atoms with Crippen molar-refractivity contribution in [2.24, 2.45) is 5.73 Å². The molecule has 0 aliphatic rings. The van der Waals surface area contributed by atoms with Crippen molar-refractivity contribution in [2.45, 2.75) is 6.92 Å². The van der Waals surface area contributed by atoms with Gasteiger partial charge in [-0.1, -0.05) is 18.3 Å². The summed E-state index contributed by atoms with van der Waals surface area (Å²) in [4.78, 5) is 7.19.